The molecule has 0 amide bonds. The van der Waals surface area contributed by atoms with Gasteiger partial charge in [0.15, 0.2) is 0 Å². The molecule has 0 bridgehead atoms. The predicted molar refractivity (Wildman–Crippen MR) is 86.1 cm³/mol. The lowest BCUT2D eigenvalue weighted by Crippen LogP contribution is -2.52. The molecular weight excluding hydrogens is 230 g/mol. The Balaban J connectivity index is 3.64. The van der Waals surface area contributed by atoms with E-state index in [2.05, 4.69) is 74.1 Å². The highest BCUT2D eigenvalue weighted by atomic mass is 15.2. The van der Waals surface area contributed by atoms with Crippen LogP contribution in [0.3, 0.4) is 0 Å². The molecule has 19 heavy (non-hydrogen) atoms. The second-order valence-electron chi connectivity index (χ2n) is 7.38. The standard InChI is InChI=1S/C18H33N/c1-11(2)16-14(7)15(8)18(9,10)19(13(5)6)17(16)12(3)4/h11-13H,1-10H3. The summed E-state index contributed by atoms with van der Waals surface area (Å²) < 4.78 is 0. The molecule has 0 radical (unpaired) electrons. The van der Waals surface area contributed by atoms with Crippen LogP contribution in [0.1, 0.15) is 69.2 Å². The third-order valence-electron chi connectivity index (χ3n) is 4.66. The van der Waals surface area contributed by atoms with Crippen LogP contribution in [0.2, 0.25) is 0 Å². The van der Waals surface area contributed by atoms with Crippen LogP contribution in [0.4, 0.5) is 0 Å². The van der Waals surface area contributed by atoms with E-state index in [1.165, 1.54) is 11.1 Å². The van der Waals surface area contributed by atoms with Crippen LogP contribution in [-0.2, 0) is 0 Å². The van der Waals surface area contributed by atoms with E-state index in [0.717, 1.165) is 0 Å². The van der Waals surface area contributed by atoms with Crippen molar-refractivity contribution in [2.75, 3.05) is 0 Å². The van der Waals surface area contributed by atoms with E-state index in [0.29, 0.717) is 17.9 Å². The quantitative estimate of drug-likeness (QED) is 0.659. The van der Waals surface area contributed by atoms with Gasteiger partial charge in [-0.1, -0.05) is 27.7 Å². The molecule has 0 spiro atoms. The number of hydrogen-bond acceptors (Lipinski definition) is 1. The molecule has 0 unspecified atom stereocenters. The molecule has 1 heteroatoms. The normalized spacial score (nSPS) is 20.4. The zero-order valence-corrected chi connectivity index (χ0v) is 14.7. The van der Waals surface area contributed by atoms with Crippen molar-refractivity contribution < 1.29 is 0 Å². The van der Waals surface area contributed by atoms with Crippen molar-refractivity contribution >= 4 is 0 Å². The van der Waals surface area contributed by atoms with Crippen molar-refractivity contribution in [2.45, 2.75) is 80.8 Å². The van der Waals surface area contributed by atoms with Gasteiger partial charge in [0, 0.05) is 11.7 Å². The van der Waals surface area contributed by atoms with Crippen molar-refractivity contribution in [1.29, 1.82) is 0 Å². The van der Waals surface area contributed by atoms with Crippen LogP contribution < -0.4 is 0 Å². The Morgan fingerprint density at radius 1 is 0.842 bits per heavy atom. The molecule has 1 rings (SSSR count). The molecule has 0 fully saturated rings. The summed E-state index contributed by atoms with van der Waals surface area (Å²) in [6.45, 7) is 23.3. The zero-order chi connectivity index (χ0) is 15.1. The topological polar surface area (TPSA) is 3.24 Å². The highest BCUT2D eigenvalue weighted by Gasteiger charge is 2.39. The van der Waals surface area contributed by atoms with Gasteiger partial charge in [-0.15, -0.1) is 0 Å². The molecule has 0 aliphatic carbocycles. The Bertz CT molecular complexity index is 405. The third-order valence-corrected chi connectivity index (χ3v) is 4.66. The van der Waals surface area contributed by atoms with Crippen molar-refractivity contribution in [2.24, 2.45) is 11.8 Å². The van der Waals surface area contributed by atoms with E-state index in [1.807, 2.05) is 0 Å². The van der Waals surface area contributed by atoms with E-state index < -0.39 is 0 Å². The largest absolute Gasteiger partial charge is 0.363 e. The van der Waals surface area contributed by atoms with Crippen molar-refractivity contribution in [1.82, 2.24) is 4.90 Å². The average molecular weight is 263 g/mol. The molecule has 0 saturated heterocycles. The van der Waals surface area contributed by atoms with Gasteiger partial charge in [-0.3, -0.25) is 0 Å². The minimum Gasteiger partial charge on any atom is -0.363 e. The molecule has 0 aromatic rings. The maximum Gasteiger partial charge on any atom is 0.0560 e. The number of rotatable bonds is 3. The van der Waals surface area contributed by atoms with Crippen LogP contribution >= 0.6 is 0 Å². The maximum absolute atomic E-state index is 2.65. The molecule has 0 atom stereocenters. The fourth-order valence-corrected chi connectivity index (χ4v) is 3.71. The lowest BCUT2D eigenvalue weighted by atomic mass is 9.76. The van der Waals surface area contributed by atoms with Crippen molar-refractivity contribution in [3.8, 4) is 0 Å². The Kier molecular flexibility index (Phi) is 4.59. The van der Waals surface area contributed by atoms with Gasteiger partial charge in [0.2, 0.25) is 0 Å². The Labute approximate surface area is 120 Å². The third kappa shape index (κ3) is 2.61. The molecular formula is C18H33N. The second-order valence-corrected chi connectivity index (χ2v) is 7.38. The van der Waals surface area contributed by atoms with Gasteiger partial charge in [0.05, 0.1) is 5.54 Å². The molecule has 0 aromatic carbocycles. The zero-order valence-electron chi connectivity index (χ0n) is 14.7. The molecule has 0 aromatic heterocycles. The van der Waals surface area contributed by atoms with Crippen molar-refractivity contribution in [3.05, 3.63) is 22.4 Å². The minimum absolute atomic E-state index is 0.121. The van der Waals surface area contributed by atoms with Gasteiger partial charge in [-0.2, -0.15) is 0 Å². The average Bonchev–Trinajstić information content (AvgIpc) is 2.23. The van der Waals surface area contributed by atoms with Gasteiger partial charge >= 0.3 is 0 Å². The molecule has 0 saturated carbocycles. The van der Waals surface area contributed by atoms with Gasteiger partial charge in [-0.05, 0) is 70.1 Å². The smallest absolute Gasteiger partial charge is 0.0560 e. The molecule has 0 N–H and O–H groups in total. The molecule has 1 heterocycles. The summed E-state index contributed by atoms with van der Waals surface area (Å²) in [7, 11) is 0. The summed E-state index contributed by atoms with van der Waals surface area (Å²) in [5.41, 5.74) is 6.28. The first-order chi connectivity index (χ1) is 8.53. The van der Waals surface area contributed by atoms with E-state index in [9.17, 15) is 0 Å². The predicted octanol–water partition coefficient (Wildman–Crippen LogP) is 5.39. The monoisotopic (exact) mass is 263 g/mol. The molecule has 1 nitrogen and oxygen atoms in total. The second kappa shape index (κ2) is 5.34. The lowest BCUT2D eigenvalue weighted by Gasteiger charge is -2.52. The van der Waals surface area contributed by atoms with E-state index in [1.54, 1.807) is 11.3 Å². The van der Waals surface area contributed by atoms with Crippen LogP contribution in [0.15, 0.2) is 22.4 Å². The highest BCUT2D eigenvalue weighted by Crippen LogP contribution is 2.44. The maximum atomic E-state index is 2.65. The van der Waals surface area contributed by atoms with Crippen LogP contribution in [0.5, 0.6) is 0 Å². The van der Waals surface area contributed by atoms with Crippen LogP contribution in [-0.4, -0.2) is 16.5 Å². The summed E-state index contributed by atoms with van der Waals surface area (Å²) in [6, 6.07) is 0.532. The van der Waals surface area contributed by atoms with Crippen molar-refractivity contribution in [3.63, 3.8) is 0 Å². The number of allylic oxidation sites excluding steroid dienone is 3. The SMILES string of the molecule is CC1=C(C)C(C)(C)N(C(C)C)C(C(C)C)=C1C(C)C. The van der Waals surface area contributed by atoms with E-state index in [-0.39, 0.29) is 5.54 Å². The summed E-state index contributed by atoms with van der Waals surface area (Å²) in [5.74, 6) is 1.16. The van der Waals surface area contributed by atoms with Gasteiger partial charge in [0.25, 0.3) is 0 Å². The van der Waals surface area contributed by atoms with E-state index >= 15 is 0 Å². The summed E-state index contributed by atoms with van der Waals surface area (Å²) in [4.78, 5) is 2.65. The fraction of sp³-hybridized carbons (Fsp3) is 0.778. The van der Waals surface area contributed by atoms with Gasteiger partial charge in [0.1, 0.15) is 0 Å². The number of nitrogens with zero attached hydrogens (tertiary/aromatic N) is 1. The summed E-state index contributed by atoms with van der Waals surface area (Å²) >= 11 is 0. The Morgan fingerprint density at radius 2 is 1.32 bits per heavy atom. The molecule has 1 aliphatic heterocycles. The van der Waals surface area contributed by atoms with Gasteiger partial charge in [-0.25, -0.2) is 0 Å². The van der Waals surface area contributed by atoms with Crippen LogP contribution in [0, 0.1) is 11.8 Å². The molecule has 1 aliphatic rings. The lowest BCUT2D eigenvalue weighted by molar-refractivity contribution is 0.134. The van der Waals surface area contributed by atoms with Crippen LogP contribution in [0.25, 0.3) is 0 Å². The molecule has 110 valence electrons. The summed E-state index contributed by atoms with van der Waals surface area (Å²) in [5, 5.41) is 0. The Morgan fingerprint density at radius 3 is 1.63 bits per heavy atom. The highest BCUT2D eigenvalue weighted by molar-refractivity contribution is 5.46. The van der Waals surface area contributed by atoms with Gasteiger partial charge < -0.3 is 4.90 Å². The Hall–Kier alpha value is -0.720. The van der Waals surface area contributed by atoms with E-state index in [4.69, 9.17) is 0 Å². The minimum atomic E-state index is 0.121. The first kappa shape index (κ1) is 16.3. The number of hydrogen-bond donors (Lipinski definition) is 0. The fourth-order valence-electron chi connectivity index (χ4n) is 3.71. The first-order valence-electron chi connectivity index (χ1n) is 7.75. The first-order valence-corrected chi connectivity index (χ1v) is 7.75. The summed E-state index contributed by atoms with van der Waals surface area (Å²) in [6.07, 6.45) is 0.